The Bertz CT molecular complexity index is 1020. The maximum Gasteiger partial charge on any atom is 0.336 e. The van der Waals surface area contributed by atoms with Gasteiger partial charge in [0.1, 0.15) is 0 Å². The second-order valence-electron chi connectivity index (χ2n) is 7.91. The third-order valence-electron chi connectivity index (χ3n) is 5.64. The number of aliphatic hydroxyl groups excluding tert-OH is 1. The summed E-state index contributed by atoms with van der Waals surface area (Å²) in [6, 6.07) is 22.6. The van der Waals surface area contributed by atoms with Gasteiger partial charge in [0.2, 0.25) is 0 Å². The molecule has 172 valence electrons. The second-order valence-corrected chi connectivity index (χ2v) is 8.97. The van der Waals surface area contributed by atoms with Crippen LogP contribution in [0.2, 0.25) is 0 Å². The first-order valence-electron chi connectivity index (χ1n) is 10.8. The molecule has 1 fully saturated rings. The van der Waals surface area contributed by atoms with Crippen molar-refractivity contribution in [3.8, 4) is 0 Å². The number of thioether (sulfide) groups is 1. The molecule has 0 bridgehead atoms. The van der Waals surface area contributed by atoms with Gasteiger partial charge in [-0.15, -0.1) is 11.8 Å². The second kappa shape index (κ2) is 11.0. The molecule has 3 aromatic carbocycles. The summed E-state index contributed by atoms with van der Waals surface area (Å²) >= 11 is 1.48. The van der Waals surface area contributed by atoms with E-state index in [9.17, 15) is 15.0 Å². The summed E-state index contributed by atoms with van der Waals surface area (Å²) < 4.78 is 12.6. The number of benzene rings is 3. The van der Waals surface area contributed by atoms with Gasteiger partial charge < -0.3 is 25.4 Å². The Kier molecular flexibility index (Phi) is 7.80. The quantitative estimate of drug-likeness (QED) is 0.415. The van der Waals surface area contributed by atoms with E-state index in [4.69, 9.17) is 15.2 Å². The molecule has 0 radical (unpaired) electrons. The van der Waals surface area contributed by atoms with Crippen LogP contribution < -0.4 is 5.73 Å². The average molecular weight is 466 g/mol. The van der Waals surface area contributed by atoms with Crippen LogP contribution in [0, 0.1) is 0 Å². The third-order valence-corrected chi connectivity index (χ3v) is 6.85. The molecule has 0 aromatic heterocycles. The number of carboxylic acid groups (broad SMARTS) is 1. The van der Waals surface area contributed by atoms with Crippen LogP contribution in [0.15, 0.2) is 77.7 Å². The standard InChI is InChI=1S/C26H27NO5S/c27-14-17-5-11-20(12-6-17)26-31-21(16-33-24-4-2-1-3-22(24)25(29)30)13-23(32-26)19-9-7-18(15-28)8-10-19/h1-12,21,23,26,28H,13-16,27H2,(H,29,30). The van der Waals surface area contributed by atoms with Crippen molar-refractivity contribution >= 4 is 17.7 Å². The SMILES string of the molecule is NCc1ccc(C2OC(CSc3ccccc3C(=O)O)CC(c3ccc(CO)cc3)O2)cc1. The van der Waals surface area contributed by atoms with Crippen LogP contribution >= 0.6 is 11.8 Å². The molecule has 0 amide bonds. The summed E-state index contributed by atoms with van der Waals surface area (Å²) in [5.41, 5.74) is 9.81. The van der Waals surface area contributed by atoms with Gasteiger partial charge in [-0.2, -0.15) is 0 Å². The predicted molar refractivity (Wildman–Crippen MR) is 127 cm³/mol. The van der Waals surface area contributed by atoms with Crippen LogP contribution in [0.25, 0.3) is 0 Å². The van der Waals surface area contributed by atoms with E-state index in [1.165, 1.54) is 11.8 Å². The summed E-state index contributed by atoms with van der Waals surface area (Å²) in [5, 5.41) is 18.8. The molecule has 1 aliphatic heterocycles. The van der Waals surface area contributed by atoms with Gasteiger partial charge in [-0.1, -0.05) is 60.7 Å². The minimum absolute atomic E-state index is 0.00666. The number of hydrogen-bond donors (Lipinski definition) is 3. The van der Waals surface area contributed by atoms with Crippen molar-refractivity contribution in [1.82, 2.24) is 0 Å². The summed E-state index contributed by atoms with van der Waals surface area (Å²) in [4.78, 5) is 12.3. The minimum atomic E-state index is -0.939. The number of carboxylic acids is 1. The lowest BCUT2D eigenvalue weighted by molar-refractivity contribution is -0.245. The van der Waals surface area contributed by atoms with Crippen LogP contribution in [-0.2, 0) is 22.6 Å². The van der Waals surface area contributed by atoms with E-state index in [0.717, 1.165) is 22.3 Å². The van der Waals surface area contributed by atoms with Crippen molar-refractivity contribution in [2.75, 3.05) is 5.75 Å². The van der Waals surface area contributed by atoms with Crippen LogP contribution in [-0.4, -0.2) is 28.0 Å². The third kappa shape index (κ3) is 5.82. The topological polar surface area (TPSA) is 102 Å². The highest BCUT2D eigenvalue weighted by Gasteiger charge is 2.32. The zero-order valence-electron chi connectivity index (χ0n) is 18.1. The Morgan fingerprint density at radius 1 is 0.939 bits per heavy atom. The van der Waals surface area contributed by atoms with Gasteiger partial charge in [0.25, 0.3) is 0 Å². The van der Waals surface area contributed by atoms with Gasteiger partial charge in [0.15, 0.2) is 6.29 Å². The number of ether oxygens (including phenoxy) is 2. The molecule has 1 saturated heterocycles. The molecule has 3 unspecified atom stereocenters. The molecule has 7 heteroatoms. The van der Waals surface area contributed by atoms with E-state index < -0.39 is 12.3 Å². The smallest absolute Gasteiger partial charge is 0.336 e. The molecule has 4 N–H and O–H groups in total. The van der Waals surface area contributed by atoms with E-state index in [2.05, 4.69) is 0 Å². The number of nitrogens with two attached hydrogens (primary N) is 1. The molecule has 33 heavy (non-hydrogen) atoms. The zero-order valence-corrected chi connectivity index (χ0v) is 18.9. The molecule has 6 nitrogen and oxygen atoms in total. The Hall–Kier alpha value is -2.68. The van der Waals surface area contributed by atoms with Gasteiger partial charge in [-0.3, -0.25) is 0 Å². The first-order valence-corrected chi connectivity index (χ1v) is 11.8. The maximum atomic E-state index is 11.6. The van der Waals surface area contributed by atoms with Crippen LogP contribution in [0.1, 0.15) is 51.4 Å². The predicted octanol–water partition coefficient (Wildman–Crippen LogP) is 4.67. The van der Waals surface area contributed by atoms with Gasteiger partial charge >= 0.3 is 5.97 Å². The van der Waals surface area contributed by atoms with Gasteiger partial charge in [-0.05, 0) is 28.8 Å². The highest BCUT2D eigenvalue weighted by Crippen LogP contribution is 2.39. The maximum absolute atomic E-state index is 11.6. The fourth-order valence-electron chi connectivity index (χ4n) is 3.79. The van der Waals surface area contributed by atoms with Crippen molar-refractivity contribution in [2.45, 2.75) is 43.0 Å². The van der Waals surface area contributed by atoms with Crippen molar-refractivity contribution in [3.05, 3.63) is 101 Å². The fraction of sp³-hybridized carbons (Fsp3) is 0.269. The lowest BCUT2D eigenvalue weighted by Gasteiger charge is -2.36. The Morgan fingerprint density at radius 2 is 1.61 bits per heavy atom. The fourth-order valence-corrected chi connectivity index (χ4v) is 4.85. The highest BCUT2D eigenvalue weighted by molar-refractivity contribution is 7.99. The Balaban J connectivity index is 1.55. The largest absolute Gasteiger partial charge is 0.478 e. The number of aliphatic hydroxyl groups is 1. The van der Waals surface area contributed by atoms with Gasteiger partial charge in [0.05, 0.1) is 24.4 Å². The molecule has 0 aliphatic carbocycles. The highest BCUT2D eigenvalue weighted by atomic mass is 32.2. The molecule has 0 spiro atoms. The van der Waals surface area contributed by atoms with Crippen LogP contribution in [0.5, 0.6) is 0 Å². The van der Waals surface area contributed by atoms with E-state index in [1.807, 2.05) is 60.7 Å². The lowest BCUT2D eigenvalue weighted by Crippen LogP contribution is -2.31. The number of rotatable bonds is 8. The normalized spacial score (nSPS) is 20.5. The van der Waals surface area contributed by atoms with Crippen LogP contribution in [0.3, 0.4) is 0 Å². The molecule has 1 heterocycles. The van der Waals surface area contributed by atoms with Crippen molar-refractivity contribution in [2.24, 2.45) is 5.73 Å². The minimum Gasteiger partial charge on any atom is -0.478 e. The van der Waals surface area contributed by atoms with Crippen molar-refractivity contribution in [3.63, 3.8) is 0 Å². The first-order chi connectivity index (χ1) is 16.1. The summed E-state index contributed by atoms with van der Waals surface area (Å²) in [6.45, 7) is 0.460. The average Bonchev–Trinajstić information content (AvgIpc) is 2.87. The van der Waals surface area contributed by atoms with E-state index in [0.29, 0.717) is 29.2 Å². The molecule has 3 atom stereocenters. The number of aromatic carboxylic acids is 1. The molecular weight excluding hydrogens is 438 g/mol. The monoisotopic (exact) mass is 465 g/mol. The van der Waals surface area contributed by atoms with Crippen LogP contribution in [0.4, 0.5) is 0 Å². The van der Waals surface area contributed by atoms with Gasteiger partial charge in [-0.25, -0.2) is 4.79 Å². The van der Waals surface area contributed by atoms with E-state index in [1.54, 1.807) is 12.1 Å². The molecular formula is C26H27NO5S. The molecule has 4 rings (SSSR count). The summed E-state index contributed by atoms with van der Waals surface area (Å²) in [6.07, 6.45) is -0.246. The molecule has 0 saturated carbocycles. The first kappa shape index (κ1) is 23.5. The Morgan fingerprint density at radius 3 is 2.27 bits per heavy atom. The lowest BCUT2D eigenvalue weighted by atomic mass is 10.0. The summed E-state index contributed by atoms with van der Waals surface area (Å²) in [7, 11) is 0. The van der Waals surface area contributed by atoms with Gasteiger partial charge in [0, 0.05) is 29.2 Å². The van der Waals surface area contributed by atoms with Crippen molar-refractivity contribution in [1.29, 1.82) is 0 Å². The molecule has 3 aromatic rings. The summed E-state index contributed by atoms with van der Waals surface area (Å²) in [5.74, 6) is -0.346. The number of hydrogen-bond acceptors (Lipinski definition) is 6. The molecule has 1 aliphatic rings. The van der Waals surface area contributed by atoms with E-state index >= 15 is 0 Å². The number of carbonyl (C=O) groups is 1. The zero-order chi connectivity index (χ0) is 23.2. The Labute approximate surface area is 197 Å². The van der Waals surface area contributed by atoms with E-state index in [-0.39, 0.29) is 18.8 Å². The van der Waals surface area contributed by atoms with Crippen molar-refractivity contribution < 1.29 is 24.5 Å².